The van der Waals surface area contributed by atoms with Gasteiger partial charge in [0.2, 0.25) is 5.88 Å². The maximum atomic E-state index is 5.40. The molecule has 2 heterocycles. The Bertz CT molecular complexity index is 731. The second kappa shape index (κ2) is 5.95. The highest BCUT2D eigenvalue weighted by atomic mass is 16.5. The molecule has 0 saturated carbocycles. The van der Waals surface area contributed by atoms with Crippen LogP contribution in [0.5, 0.6) is 5.88 Å². The normalized spacial score (nSPS) is 11.0. The fourth-order valence-corrected chi connectivity index (χ4v) is 2.29. The third kappa shape index (κ3) is 3.21. The molecule has 3 aromatic rings. The zero-order valence-electron chi connectivity index (χ0n) is 12.4. The molecule has 0 amide bonds. The van der Waals surface area contributed by atoms with Gasteiger partial charge in [-0.1, -0.05) is 29.8 Å². The first kappa shape index (κ1) is 13.6. The number of hydrogen-bond donors (Lipinski definition) is 1. The molecule has 0 spiro atoms. The van der Waals surface area contributed by atoms with Gasteiger partial charge in [-0.2, -0.15) is 4.98 Å². The molecule has 4 heteroatoms. The van der Waals surface area contributed by atoms with Crippen molar-refractivity contribution in [2.75, 3.05) is 6.61 Å². The van der Waals surface area contributed by atoms with E-state index in [4.69, 9.17) is 4.74 Å². The number of nitrogens with zero attached hydrogens (tertiary/aromatic N) is 2. The molecule has 21 heavy (non-hydrogen) atoms. The summed E-state index contributed by atoms with van der Waals surface area (Å²) in [4.78, 5) is 12.2. The first-order valence-electron chi connectivity index (χ1n) is 7.28. The second-order valence-corrected chi connectivity index (χ2v) is 5.12. The Balaban J connectivity index is 1.73. The second-order valence-electron chi connectivity index (χ2n) is 5.12. The number of aromatic nitrogens is 3. The lowest BCUT2D eigenvalue weighted by Crippen LogP contribution is -1.94. The number of pyridine rings is 1. The number of ether oxygens (including phenoxy) is 1. The van der Waals surface area contributed by atoms with Gasteiger partial charge in [0.05, 0.1) is 12.1 Å². The number of hydrogen-bond acceptors (Lipinski definition) is 3. The molecule has 4 nitrogen and oxygen atoms in total. The van der Waals surface area contributed by atoms with Crippen LogP contribution in [0.15, 0.2) is 36.4 Å². The predicted molar refractivity (Wildman–Crippen MR) is 83.6 cm³/mol. The van der Waals surface area contributed by atoms with Crippen LogP contribution in [0.4, 0.5) is 0 Å². The van der Waals surface area contributed by atoms with E-state index in [1.54, 1.807) is 0 Å². The average Bonchev–Trinajstić information content (AvgIpc) is 2.89. The standard InChI is InChI=1S/C17H19N3O/c1-3-21-16-11-9-14-17(20-16)19-15(18-14)10-8-13-6-4-12(2)5-7-13/h4-7,9,11H,3,8,10H2,1-2H3,(H,18,19,20). The van der Waals surface area contributed by atoms with E-state index in [9.17, 15) is 0 Å². The summed E-state index contributed by atoms with van der Waals surface area (Å²) in [5, 5.41) is 0. The van der Waals surface area contributed by atoms with E-state index in [0.29, 0.717) is 12.5 Å². The third-order valence-electron chi connectivity index (χ3n) is 3.43. The van der Waals surface area contributed by atoms with E-state index in [0.717, 1.165) is 29.8 Å². The number of H-pyrrole nitrogens is 1. The molecule has 0 saturated heterocycles. The van der Waals surface area contributed by atoms with Crippen molar-refractivity contribution in [2.45, 2.75) is 26.7 Å². The van der Waals surface area contributed by atoms with Crippen molar-refractivity contribution in [1.82, 2.24) is 15.0 Å². The molecule has 3 rings (SSSR count). The highest BCUT2D eigenvalue weighted by molar-refractivity contribution is 5.71. The van der Waals surface area contributed by atoms with Crippen molar-refractivity contribution in [3.05, 3.63) is 53.3 Å². The molecule has 0 bridgehead atoms. The predicted octanol–water partition coefficient (Wildman–Crippen LogP) is 3.45. The van der Waals surface area contributed by atoms with Gasteiger partial charge in [0.25, 0.3) is 0 Å². The maximum absolute atomic E-state index is 5.40. The third-order valence-corrected chi connectivity index (χ3v) is 3.43. The molecule has 108 valence electrons. The number of fused-ring (bicyclic) bond motifs is 1. The van der Waals surface area contributed by atoms with E-state index >= 15 is 0 Å². The van der Waals surface area contributed by atoms with Crippen LogP contribution in [0.3, 0.4) is 0 Å². The van der Waals surface area contributed by atoms with Gasteiger partial charge in [-0.05, 0) is 31.9 Å². The summed E-state index contributed by atoms with van der Waals surface area (Å²) >= 11 is 0. The molecule has 0 aliphatic carbocycles. The summed E-state index contributed by atoms with van der Waals surface area (Å²) in [7, 11) is 0. The van der Waals surface area contributed by atoms with Crippen molar-refractivity contribution in [2.24, 2.45) is 0 Å². The van der Waals surface area contributed by atoms with E-state index in [1.807, 2.05) is 19.1 Å². The SMILES string of the molecule is CCOc1ccc2[nH]c(CCc3ccc(C)cc3)nc2n1. The summed E-state index contributed by atoms with van der Waals surface area (Å²) in [6.45, 7) is 4.66. The topological polar surface area (TPSA) is 50.8 Å². The van der Waals surface area contributed by atoms with E-state index in [-0.39, 0.29) is 0 Å². The number of imidazole rings is 1. The van der Waals surface area contributed by atoms with Gasteiger partial charge in [0, 0.05) is 12.5 Å². The van der Waals surface area contributed by atoms with Crippen molar-refractivity contribution >= 4 is 11.2 Å². The maximum Gasteiger partial charge on any atom is 0.215 e. The Morgan fingerprint density at radius 1 is 1.00 bits per heavy atom. The number of aromatic amines is 1. The van der Waals surface area contributed by atoms with Gasteiger partial charge >= 0.3 is 0 Å². The molecule has 0 aliphatic rings. The minimum absolute atomic E-state index is 0.614. The van der Waals surface area contributed by atoms with Crippen LogP contribution >= 0.6 is 0 Å². The Morgan fingerprint density at radius 3 is 2.57 bits per heavy atom. The fourth-order valence-electron chi connectivity index (χ4n) is 2.29. The zero-order chi connectivity index (χ0) is 14.7. The van der Waals surface area contributed by atoms with Gasteiger partial charge in [-0.25, -0.2) is 4.98 Å². The zero-order valence-corrected chi connectivity index (χ0v) is 12.4. The Hall–Kier alpha value is -2.36. The minimum Gasteiger partial charge on any atom is -0.478 e. The van der Waals surface area contributed by atoms with Crippen molar-refractivity contribution in [3.63, 3.8) is 0 Å². The van der Waals surface area contributed by atoms with Gasteiger partial charge in [0.15, 0.2) is 5.65 Å². The minimum atomic E-state index is 0.614. The number of nitrogens with one attached hydrogen (secondary N) is 1. The highest BCUT2D eigenvalue weighted by Crippen LogP contribution is 2.15. The van der Waals surface area contributed by atoms with Crippen LogP contribution in [0, 0.1) is 6.92 Å². The van der Waals surface area contributed by atoms with Crippen LogP contribution < -0.4 is 4.74 Å². The molecule has 0 fully saturated rings. The summed E-state index contributed by atoms with van der Waals surface area (Å²) in [5.41, 5.74) is 4.29. The first-order valence-corrected chi connectivity index (χ1v) is 7.28. The summed E-state index contributed by atoms with van der Waals surface area (Å²) in [6, 6.07) is 12.5. The van der Waals surface area contributed by atoms with Gasteiger partial charge in [0.1, 0.15) is 5.82 Å². The fraction of sp³-hybridized carbons (Fsp3) is 0.294. The molecule has 0 radical (unpaired) electrons. The molecule has 0 atom stereocenters. The molecule has 0 aliphatic heterocycles. The van der Waals surface area contributed by atoms with Gasteiger partial charge in [-0.15, -0.1) is 0 Å². The Kier molecular flexibility index (Phi) is 3.86. The highest BCUT2D eigenvalue weighted by Gasteiger charge is 2.06. The van der Waals surface area contributed by atoms with Gasteiger partial charge < -0.3 is 9.72 Å². The molecule has 1 aromatic carbocycles. The van der Waals surface area contributed by atoms with Crippen molar-refractivity contribution in [1.29, 1.82) is 0 Å². The smallest absolute Gasteiger partial charge is 0.215 e. The molecule has 0 unspecified atom stereocenters. The largest absolute Gasteiger partial charge is 0.478 e. The molecular formula is C17H19N3O. The van der Waals surface area contributed by atoms with E-state index in [1.165, 1.54) is 11.1 Å². The molecular weight excluding hydrogens is 262 g/mol. The number of aryl methyl sites for hydroxylation is 3. The summed E-state index contributed by atoms with van der Waals surface area (Å²) < 4.78 is 5.40. The van der Waals surface area contributed by atoms with Crippen LogP contribution in [-0.2, 0) is 12.8 Å². The summed E-state index contributed by atoms with van der Waals surface area (Å²) in [5.74, 6) is 1.59. The Labute approximate surface area is 124 Å². The lowest BCUT2D eigenvalue weighted by atomic mass is 10.1. The van der Waals surface area contributed by atoms with Crippen molar-refractivity contribution < 1.29 is 4.74 Å². The summed E-state index contributed by atoms with van der Waals surface area (Å²) in [6.07, 6.45) is 1.85. The lowest BCUT2D eigenvalue weighted by molar-refractivity contribution is 0.328. The first-order chi connectivity index (χ1) is 10.2. The quantitative estimate of drug-likeness (QED) is 0.779. The van der Waals surface area contributed by atoms with Crippen LogP contribution in [0.1, 0.15) is 23.9 Å². The van der Waals surface area contributed by atoms with E-state index < -0.39 is 0 Å². The van der Waals surface area contributed by atoms with Crippen LogP contribution in [-0.4, -0.2) is 21.6 Å². The monoisotopic (exact) mass is 281 g/mol. The van der Waals surface area contributed by atoms with Gasteiger partial charge in [-0.3, -0.25) is 0 Å². The Morgan fingerprint density at radius 2 is 1.81 bits per heavy atom. The lowest BCUT2D eigenvalue weighted by Gasteiger charge is -1.99. The molecule has 2 aromatic heterocycles. The van der Waals surface area contributed by atoms with Crippen LogP contribution in [0.2, 0.25) is 0 Å². The average molecular weight is 281 g/mol. The molecule has 1 N–H and O–H groups in total. The van der Waals surface area contributed by atoms with Crippen molar-refractivity contribution in [3.8, 4) is 5.88 Å². The van der Waals surface area contributed by atoms with Crippen LogP contribution in [0.25, 0.3) is 11.2 Å². The number of benzene rings is 1. The van der Waals surface area contributed by atoms with E-state index in [2.05, 4.69) is 46.1 Å². The number of rotatable bonds is 5.